The third-order valence-corrected chi connectivity index (χ3v) is 7.95. The van der Waals surface area contributed by atoms with Crippen LogP contribution in [0.5, 0.6) is 0 Å². The van der Waals surface area contributed by atoms with E-state index in [4.69, 9.17) is 16.3 Å². The van der Waals surface area contributed by atoms with E-state index in [-0.39, 0.29) is 30.6 Å². The number of piperazine rings is 1. The third kappa shape index (κ3) is 7.92. The van der Waals surface area contributed by atoms with Crippen molar-refractivity contribution in [1.82, 2.24) is 30.1 Å². The second-order valence-corrected chi connectivity index (χ2v) is 13.5. The van der Waals surface area contributed by atoms with Gasteiger partial charge in [-0.2, -0.15) is 0 Å². The van der Waals surface area contributed by atoms with Gasteiger partial charge in [0.25, 0.3) is 5.91 Å². The molecule has 2 amide bonds. The van der Waals surface area contributed by atoms with Gasteiger partial charge in [-0.1, -0.05) is 42.8 Å². The molecule has 2 atom stereocenters. The summed E-state index contributed by atoms with van der Waals surface area (Å²) < 4.78 is 20.8. The van der Waals surface area contributed by atoms with Gasteiger partial charge >= 0.3 is 6.09 Å². The molecule has 4 rings (SSSR count). The molecule has 0 radical (unpaired) electrons. The van der Waals surface area contributed by atoms with Crippen LogP contribution >= 0.6 is 11.6 Å². The highest BCUT2D eigenvalue weighted by Gasteiger charge is 2.34. The molecule has 1 aliphatic heterocycles. The lowest BCUT2D eigenvalue weighted by molar-refractivity contribution is -0.00997. The van der Waals surface area contributed by atoms with E-state index in [1.165, 1.54) is 12.1 Å². The van der Waals surface area contributed by atoms with Crippen LogP contribution in [0.2, 0.25) is 5.02 Å². The number of aryl methyl sites for hydroxylation is 1. The Kier molecular flexibility index (Phi) is 9.51. The average Bonchev–Trinajstić information content (AvgIpc) is 3.36. The molecule has 1 aliphatic rings. The van der Waals surface area contributed by atoms with Crippen LogP contribution in [0.3, 0.4) is 0 Å². The molecule has 1 saturated heterocycles. The number of amides is 2. The Labute approximate surface area is 258 Å². The lowest BCUT2D eigenvalue weighted by Gasteiger charge is -2.44. The Morgan fingerprint density at radius 1 is 1.07 bits per heavy atom. The number of aromatic nitrogens is 3. The zero-order chi connectivity index (χ0) is 31.7. The standard InChI is InChI=1S/C32H42ClFN6O3/c1-20-9-11-25(29(41)35-19-32(7,8)26-12-10-23(34)14-27(26)33)28(13-20)40-18-24(36-37-40)17-39-21(2)15-38(16-22(39)3)30(42)43-31(4,5)6/h9-14,18,21-22H,15-17,19H2,1-8H3,(H,35,41)/t21-,22+. The average molecular weight is 613 g/mol. The number of rotatable bonds is 7. The molecular weight excluding hydrogens is 571 g/mol. The molecule has 232 valence electrons. The Morgan fingerprint density at radius 3 is 2.37 bits per heavy atom. The van der Waals surface area contributed by atoms with Crippen LogP contribution in [0.4, 0.5) is 9.18 Å². The molecule has 1 fully saturated rings. The summed E-state index contributed by atoms with van der Waals surface area (Å²) >= 11 is 6.31. The van der Waals surface area contributed by atoms with Crippen LogP contribution in [-0.2, 0) is 16.7 Å². The van der Waals surface area contributed by atoms with Crippen LogP contribution in [0.1, 0.15) is 75.6 Å². The number of halogens is 2. The summed E-state index contributed by atoms with van der Waals surface area (Å²) in [6, 6.07) is 10.0. The molecule has 3 aromatic rings. The topological polar surface area (TPSA) is 92.6 Å². The van der Waals surface area contributed by atoms with Crippen molar-refractivity contribution in [3.63, 3.8) is 0 Å². The van der Waals surface area contributed by atoms with E-state index in [0.717, 1.165) is 16.8 Å². The van der Waals surface area contributed by atoms with E-state index in [0.29, 0.717) is 35.9 Å². The quantitative estimate of drug-likeness (QED) is 0.357. The minimum Gasteiger partial charge on any atom is -0.444 e. The zero-order valence-electron chi connectivity index (χ0n) is 26.2. The fraction of sp³-hybridized carbons (Fsp3) is 0.500. The highest BCUT2D eigenvalue weighted by Crippen LogP contribution is 2.30. The van der Waals surface area contributed by atoms with Crippen LogP contribution in [0.15, 0.2) is 42.6 Å². The van der Waals surface area contributed by atoms with Crippen molar-refractivity contribution >= 4 is 23.6 Å². The fourth-order valence-electron chi connectivity index (χ4n) is 5.37. The molecule has 0 aliphatic carbocycles. The van der Waals surface area contributed by atoms with Gasteiger partial charge < -0.3 is 15.0 Å². The van der Waals surface area contributed by atoms with Crippen molar-refractivity contribution in [2.75, 3.05) is 19.6 Å². The molecular formula is C32H42ClFN6O3. The summed E-state index contributed by atoms with van der Waals surface area (Å²) in [6.07, 6.45) is 1.54. The van der Waals surface area contributed by atoms with E-state index in [1.807, 2.05) is 59.9 Å². The van der Waals surface area contributed by atoms with Crippen LogP contribution in [-0.4, -0.2) is 74.1 Å². The van der Waals surface area contributed by atoms with Crippen LogP contribution < -0.4 is 5.32 Å². The first-order valence-electron chi connectivity index (χ1n) is 14.5. The van der Waals surface area contributed by atoms with Gasteiger partial charge in [0, 0.05) is 48.7 Å². The Balaban J connectivity index is 1.46. The number of benzene rings is 2. The van der Waals surface area contributed by atoms with E-state index >= 15 is 0 Å². The number of carbonyl (C=O) groups is 2. The maximum absolute atomic E-state index is 13.6. The molecule has 0 bridgehead atoms. The second-order valence-electron chi connectivity index (χ2n) is 13.1. The number of carbonyl (C=O) groups excluding carboxylic acids is 2. The van der Waals surface area contributed by atoms with E-state index in [9.17, 15) is 14.0 Å². The van der Waals surface area contributed by atoms with E-state index in [1.54, 1.807) is 21.7 Å². The summed E-state index contributed by atoms with van der Waals surface area (Å²) in [5, 5.41) is 12.1. The van der Waals surface area contributed by atoms with Crippen molar-refractivity contribution in [1.29, 1.82) is 0 Å². The van der Waals surface area contributed by atoms with Crippen molar-refractivity contribution in [3.8, 4) is 5.69 Å². The minimum atomic E-state index is -0.544. The third-order valence-electron chi connectivity index (χ3n) is 7.63. The zero-order valence-corrected chi connectivity index (χ0v) is 27.0. The smallest absolute Gasteiger partial charge is 0.410 e. The maximum atomic E-state index is 13.6. The minimum absolute atomic E-state index is 0.0830. The fourth-order valence-corrected chi connectivity index (χ4v) is 5.80. The SMILES string of the molecule is Cc1ccc(C(=O)NCC(C)(C)c2ccc(F)cc2Cl)c(-n2cc(CN3[C@H](C)CN(C(=O)OC(C)(C)C)C[C@@H]3C)nn2)c1. The van der Waals surface area contributed by atoms with Crippen LogP contribution in [0.25, 0.3) is 5.69 Å². The monoisotopic (exact) mass is 612 g/mol. The summed E-state index contributed by atoms with van der Waals surface area (Å²) in [4.78, 5) is 30.1. The molecule has 0 saturated carbocycles. The molecule has 9 nitrogen and oxygen atoms in total. The predicted octanol–water partition coefficient (Wildman–Crippen LogP) is 5.91. The van der Waals surface area contributed by atoms with Gasteiger partial charge in [0.15, 0.2) is 0 Å². The van der Waals surface area contributed by atoms with Gasteiger partial charge in [0.2, 0.25) is 0 Å². The van der Waals surface area contributed by atoms with Crippen molar-refractivity contribution < 1.29 is 18.7 Å². The first-order chi connectivity index (χ1) is 20.0. The summed E-state index contributed by atoms with van der Waals surface area (Å²) in [7, 11) is 0. The first-order valence-corrected chi connectivity index (χ1v) is 14.9. The predicted molar refractivity (Wildman–Crippen MR) is 165 cm³/mol. The van der Waals surface area contributed by atoms with Gasteiger partial charge in [0.1, 0.15) is 11.4 Å². The number of nitrogens with zero attached hydrogens (tertiary/aromatic N) is 5. The lowest BCUT2D eigenvalue weighted by atomic mass is 9.84. The number of ether oxygens (including phenoxy) is 1. The van der Waals surface area contributed by atoms with Gasteiger partial charge in [-0.05, 0) is 76.9 Å². The van der Waals surface area contributed by atoms with Gasteiger partial charge in [-0.15, -0.1) is 5.10 Å². The molecule has 0 spiro atoms. The number of hydrogen-bond donors (Lipinski definition) is 1. The maximum Gasteiger partial charge on any atom is 0.410 e. The highest BCUT2D eigenvalue weighted by molar-refractivity contribution is 6.31. The van der Waals surface area contributed by atoms with Gasteiger partial charge in [-0.3, -0.25) is 9.69 Å². The summed E-state index contributed by atoms with van der Waals surface area (Å²) in [5.41, 5.74) is 2.47. The Bertz CT molecular complexity index is 1470. The van der Waals surface area contributed by atoms with Gasteiger partial charge in [0.05, 0.1) is 23.1 Å². The molecule has 0 unspecified atom stereocenters. The van der Waals surface area contributed by atoms with Crippen molar-refractivity contribution in [2.45, 2.75) is 85.0 Å². The van der Waals surface area contributed by atoms with E-state index < -0.39 is 16.8 Å². The molecule has 43 heavy (non-hydrogen) atoms. The van der Waals surface area contributed by atoms with Crippen molar-refractivity contribution in [3.05, 3.63) is 75.8 Å². The Hall–Kier alpha value is -3.50. The van der Waals surface area contributed by atoms with Gasteiger partial charge in [-0.25, -0.2) is 13.9 Å². The normalized spacial score (nSPS) is 18.0. The number of hydrogen-bond acceptors (Lipinski definition) is 6. The molecule has 1 N–H and O–H groups in total. The summed E-state index contributed by atoms with van der Waals surface area (Å²) in [5.74, 6) is -0.670. The molecule has 2 heterocycles. The highest BCUT2D eigenvalue weighted by atomic mass is 35.5. The second kappa shape index (κ2) is 12.6. The molecule has 2 aromatic carbocycles. The first kappa shape index (κ1) is 32.4. The molecule has 11 heteroatoms. The van der Waals surface area contributed by atoms with Crippen LogP contribution in [0, 0.1) is 12.7 Å². The lowest BCUT2D eigenvalue weighted by Crippen LogP contribution is -2.58. The molecule has 1 aromatic heterocycles. The van der Waals surface area contributed by atoms with Crippen molar-refractivity contribution in [2.24, 2.45) is 0 Å². The van der Waals surface area contributed by atoms with E-state index in [2.05, 4.69) is 34.4 Å². The Morgan fingerprint density at radius 2 is 1.74 bits per heavy atom. The number of nitrogens with one attached hydrogen (secondary N) is 1. The summed E-state index contributed by atoms with van der Waals surface area (Å²) in [6.45, 7) is 17.6. The largest absolute Gasteiger partial charge is 0.444 e.